The summed E-state index contributed by atoms with van der Waals surface area (Å²) in [6.07, 6.45) is 8.08. The molecule has 1 aliphatic rings. The van der Waals surface area contributed by atoms with Crippen molar-refractivity contribution in [2.75, 3.05) is 13.1 Å². The third-order valence-electron chi connectivity index (χ3n) is 4.33. The summed E-state index contributed by atoms with van der Waals surface area (Å²) in [5, 5.41) is 12.3. The molecule has 0 unspecified atom stereocenters. The lowest BCUT2D eigenvalue weighted by Crippen LogP contribution is -2.21. The van der Waals surface area contributed by atoms with Crippen molar-refractivity contribution in [3.8, 4) is 0 Å². The minimum absolute atomic E-state index is 0.913. The van der Waals surface area contributed by atoms with Gasteiger partial charge in [-0.15, -0.1) is 10.2 Å². The Morgan fingerprint density at radius 1 is 1.17 bits per heavy atom. The Bertz CT molecular complexity index is 643. The molecule has 0 bridgehead atoms. The molecule has 1 N–H and O–H groups in total. The van der Waals surface area contributed by atoms with Gasteiger partial charge in [0.15, 0.2) is 0 Å². The first-order valence-corrected chi connectivity index (χ1v) is 8.67. The first-order chi connectivity index (χ1) is 11.3. The number of hydrogen-bond donors (Lipinski definition) is 1. The van der Waals surface area contributed by atoms with Crippen LogP contribution >= 0.6 is 0 Å². The van der Waals surface area contributed by atoms with Crippen molar-refractivity contribution in [1.29, 1.82) is 0 Å². The Labute approximate surface area is 138 Å². The Hall–Kier alpha value is -1.94. The summed E-state index contributed by atoms with van der Waals surface area (Å²) in [6.45, 7) is 5.11. The molecule has 0 saturated carbocycles. The van der Waals surface area contributed by atoms with E-state index in [1.165, 1.54) is 36.2 Å². The Morgan fingerprint density at radius 3 is 2.91 bits per heavy atom. The van der Waals surface area contributed by atoms with Crippen LogP contribution in [0.2, 0.25) is 0 Å². The molecule has 0 spiro atoms. The molecule has 4 heteroatoms. The first-order valence-electron chi connectivity index (χ1n) is 8.67. The third kappa shape index (κ3) is 4.52. The van der Waals surface area contributed by atoms with Gasteiger partial charge in [-0.1, -0.05) is 48.4 Å². The highest BCUT2D eigenvalue weighted by Crippen LogP contribution is 2.14. The minimum Gasteiger partial charge on any atom is -0.315 e. The van der Waals surface area contributed by atoms with Gasteiger partial charge in [-0.05, 0) is 25.3 Å². The van der Waals surface area contributed by atoms with Gasteiger partial charge >= 0.3 is 0 Å². The Balaban J connectivity index is 1.47. The van der Waals surface area contributed by atoms with E-state index >= 15 is 0 Å². The van der Waals surface area contributed by atoms with Gasteiger partial charge in [0, 0.05) is 32.5 Å². The summed E-state index contributed by atoms with van der Waals surface area (Å²) in [6, 6.07) is 10.5. The zero-order valence-electron chi connectivity index (χ0n) is 14.0. The zero-order chi connectivity index (χ0) is 15.9. The van der Waals surface area contributed by atoms with Gasteiger partial charge in [-0.25, -0.2) is 0 Å². The third-order valence-corrected chi connectivity index (χ3v) is 4.33. The molecule has 1 aromatic carbocycles. The molecule has 23 heavy (non-hydrogen) atoms. The normalized spacial score (nSPS) is 15.3. The van der Waals surface area contributed by atoms with Crippen LogP contribution in [0.4, 0.5) is 0 Å². The highest BCUT2D eigenvalue weighted by Gasteiger charge is 2.13. The summed E-state index contributed by atoms with van der Waals surface area (Å²) < 4.78 is 2.33. The van der Waals surface area contributed by atoms with E-state index in [2.05, 4.69) is 57.3 Å². The molecular formula is C19H26N4. The molecule has 0 atom stereocenters. The number of benzene rings is 1. The zero-order valence-corrected chi connectivity index (χ0v) is 14.0. The van der Waals surface area contributed by atoms with Crippen molar-refractivity contribution < 1.29 is 0 Å². The summed E-state index contributed by atoms with van der Waals surface area (Å²) in [7, 11) is 0. The lowest BCUT2D eigenvalue weighted by molar-refractivity contribution is 0.593. The molecule has 3 rings (SSSR count). The number of rotatable bonds is 6. The van der Waals surface area contributed by atoms with E-state index in [-0.39, 0.29) is 0 Å². The van der Waals surface area contributed by atoms with Crippen LogP contribution in [0.25, 0.3) is 6.08 Å². The maximum Gasteiger partial charge on any atom is 0.134 e. The molecule has 0 fully saturated rings. The fraction of sp³-hybridized carbons (Fsp3) is 0.474. The SMILES string of the molecule is CC(=Cc1ccccc1)CNCCc1nnc2n1CCCCC2. The highest BCUT2D eigenvalue weighted by atomic mass is 15.3. The van der Waals surface area contributed by atoms with Gasteiger partial charge in [0.2, 0.25) is 0 Å². The largest absolute Gasteiger partial charge is 0.315 e. The molecule has 0 saturated heterocycles. The second kappa shape index (κ2) is 8.06. The van der Waals surface area contributed by atoms with Gasteiger partial charge in [-0.2, -0.15) is 0 Å². The molecule has 122 valence electrons. The van der Waals surface area contributed by atoms with Crippen molar-refractivity contribution in [3.63, 3.8) is 0 Å². The molecule has 2 aromatic rings. The predicted molar refractivity (Wildman–Crippen MR) is 94.2 cm³/mol. The van der Waals surface area contributed by atoms with E-state index in [0.29, 0.717) is 0 Å². The summed E-state index contributed by atoms with van der Waals surface area (Å²) >= 11 is 0. The summed E-state index contributed by atoms with van der Waals surface area (Å²) in [5.41, 5.74) is 2.60. The van der Waals surface area contributed by atoms with E-state index in [4.69, 9.17) is 0 Å². The van der Waals surface area contributed by atoms with E-state index in [0.717, 1.165) is 38.3 Å². The minimum atomic E-state index is 0.913. The molecule has 4 nitrogen and oxygen atoms in total. The predicted octanol–water partition coefficient (Wildman–Crippen LogP) is 3.24. The molecule has 1 aromatic heterocycles. The number of nitrogens with one attached hydrogen (secondary N) is 1. The molecule has 0 radical (unpaired) electrons. The van der Waals surface area contributed by atoms with Crippen LogP contribution < -0.4 is 5.32 Å². The van der Waals surface area contributed by atoms with E-state index in [9.17, 15) is 0 Å². The van der Waals surface area contributed by atoms with Crippen molar-refractivity contribution in [1.82, 2.24) is 20.1 Å². The molecule has 0 amide bonds. The Morgan fingerprint density at radius 2 is 2.04 bits per heavy atom. The maximum absolute atomic E-state index is 4.38. The van der Waals surface area contributed by atoms with Crippen LogP contribution in [0.3, 0.4) is 0 Å². The molecular weight excluding hydrogens is 284 g/mol. The van der Waals surface area contributed by atoms with Crippen LogP contribution in [-0.4, -0.2) is 27.9 Å². The second-order valence-electron chi connectivity index (χ2n) is 6.32. The standard InChI is InChI=1S/C19H26N4/c1-16(14-17-8-4-2-5-9-17)15-20-12-11-19-22-21-18-10-6-3-7-13-23(18)19/h2,4-5,8-9,14,20H,3,6-7,10-13,15H2,1H3. The number of aromatic nitrogens is 3. The second-order valence-corrected chi connectivity index (χ2v) is 6.32. The van der Waals surface area contributed by atoms with Crippen LogP contribution in [0.1, 0.15) is 43.4 Å². The number of fused-ring (bicyclic) bond motifs is 1. The average Bonchev–Trinajstić information content (AvgIpc) is 2.79. The van der Waals surface area contributed by atoms with Gasteiger partial charge in [-0.3, -0.25) is 0 Å². The first kappa shape index (κ1) is 15.9. The van der Waals surface area contributed by atoms with Gasteiger partial charge in [0.1, 0.15) is 11.6 Å². The van der Waals surface area contributed by atoms with E-state index in [1.54, 1.807) is 0 Å². The number of nitrogens with zero attached hydrogens (tertiary/aromatic N) is 3. The molecule has 1 aliphatic heterocycles. The monoisotopic (exact) mass is 310 g/mol. The van der Waals surface area contributed by atoms with Gasteiger partial charge in [0.25, 0.3) is 0 Å². The maximum atomic E-state index is 4.38. The quantitative estimate of drug-likeness (QED) is 0.833. The fourth-order valence-corrected chi connectivity index (χ4v) is 3.10. The van der Waals surface area contributed by atoms with Gasteiger partial charge < -0.3 is 9.88 Å². The van der Waals surface area contributed by atoms with E-state index in [1.807, 2.05) is 6.07 Å². The van der Waals surface area contributed by atoms with Crippen molar-refractivity contribution in [2.24, 2.45) is 0 Å². The Kier molecular flexibility index (Phi) is 5.59. The topological polar surface area (TPSA) is 42.7 Å². The average molecular weight is 310 g/mol. The fourth-order valence-electron chi connectivity index (χ4n) is 3.10. The van der Waals surface area contributed by atoms with Crippen molar-refractivity contribution in [2.45, 2.75) is 45.6 Å². The van der Waals surface area contributed by atoms with Crippen molar-refractivity contribution >= 4 is 6.08 Å². The van der Waals surface area contributed by atoms with Gasteiger partial charge in [0.05, 0.1) is 0 Å². The highest BCUT2D eigenvalue weighted by molar-refractivity contribution is 5.52. The van der Waals surface area contributed by atoms with Crippen molar-refractivity contribution in [3.05, 3.63) is 53.1 Å². The molecule has 2 heterocycles. The van der Waals surface area contributed by atoms with E-state index < -0.39 is 0 Å². The lowest BCUT2D eigenvalue weighted by Gasteiger charge is -2.08. The summed E-state index contributed by atoms with van der Waals surface area (Å²) in [5.74, 6) is 2.32. The summed E-state index contributed by atoms with van der Waals surface area (Å²) in [4.78, 5) is 0. The van der Waals surface area contributed by atoms with Crippen LogP contribution in [-0.2, 0) is 19.4 Å². The molecule has 0 aliphatic carbocycles. The van der Waals surface area contributed by atoms with Crippen LogP contribution in [0, 0.1) is 0 Å². The number of aryl methyl sites for hydroxylation is 1. The smallest absolute Gasteiger partial charge is 0.134 e. The number of hydrogen-bond acceptors (Lipinski definition) is 3. The van der Waals surface area contributed by atoms with Crippen LogP contribution in [0.15, 0.2) is 35.9 Å². The lowest BCUT2D eigenvalue weighted by atomic mass is 10.1. The van der Waals surface area contributed by atoms with Crippen LogP contribution in [0.5, 0.6) is 0 Å².